The van der Waals surface area contributed by atoms with E-state index in [2.05, 4.69) is 23.7 Å². The zero-order valence-corrected chi connectivity index (χ0v) is 32.1. The van der Waals surface area contributed by atoms with E-state index in [1.165, 1.54) is 89.5 Å². The van der Waals surface area contributed by atoms with Crippen molar-refractivity contribution < 1.29 is 14.3 Å². The first-order valence-corrected chi connectivity index (χ1v) is 20.6. The first-order chi connectivity index (χ1) is 23.8. The molecule has 0 amide bonds. The molecule has 0 saturated carbocycles. The Morgan fingerprint density at radius 1 is 0.653 bits per heavy atom. The number of hydrogen-bond acceptors (Lipinski definition) is 6. The van der Waals surface area contributed by atoms with Crippen molar-refractivity contribution in [2.24, 2.45) is 0 Å². The van der Waals surface area contributed by atoms with Gasteiger partial charge in [-0.3, -0.25) is 14.6 Å². The van der Waals surface area contributed by atoms with Crippen LogP contribution in [0.2, 0.25) is 0 Å². The van der Waals surface area contributed by atoms with Crippen molar-refractivity contribution in [3.63, 3.8) is 0 Å². The number of carbonyl (C=O) groups excluding carboxylic acids is 2. The molecule has 1 aromatic rings. The Bertz CT molecular complexity index is 1040. The summed E-state index contributed by atoms with van der Waals surface area (Å²) >= 11 is 0. The quantitative estimate of drug-likeness (QED) is 0.0562. The van der Waals surface area contributed by atoms with E-state index in [1.54, 1.807) is 17.7 Å². The van der Waals surface area contributed by atoms with E-state index >= 15 is 0 Å². The van der Waals surface area contributed by atoms with E-state index in [9.17, 15) is 19.2 Å². The van der Waals surface area contributed by atoms with Crippen LogP contribution in [-0.2, 0) is 20.9 Å². The van der Waals surface area contributed by atoms with E-state index in [4.69, 9.17) is 4.74 Å². The second-order valence-electron chi connectivity index (χ2n) is 14.5. The zero-order chi connectivity index (χ0) is 35.8. The van der Waals surface area contributed by atoms with Crippen molar-refractivity contribution in [1.82, 2.24) is 14.5 Å². The normalized spacial score (nSPS) is 11.5. The fraction of sp³-hybridized carbons (Fsp3) is 0.854. The lowest BCUT2D eigenvalue weighted by Gasteiger charge is -2.22. The molecule has 0 spiro atoms. The summed E-state index contributed by atoms with van der Waals surface area (Å²) in [4.78, 5) is 52.2. The smallest absolute Gasteiger partial charge is 0.328 e. The van der Waals surface area contributed by atoms with Crippen molar-refractivity contribution in [2.45, 2.75) is 207 Å². The maximum Gasteiger partial charge on any atom is 0.328 e. The molecule has 0 bridgehead atoms. The van der Waals surface area contributed by atoms with Crippen LogP contribution in [0.25, 0.3) is 0 Å². The molecule has 1 heterocycles. The number of nitrogens with zero attached hydrogens (tertiary/aromatic N) is 2. The van der Waals surface area contributed by atoms with E-state index in [0.717, 1.165) is 96.7 Å². The molecular weight excluding hydrogens is 614 g/mol. The number of unbranched alkanes of at least 4 members (excludes halogenated alkanes) is 18. The summed E-state index contributed by atoms with van der Waals surface area (Å²) in [6.07, 6.45) is 32.0. The molecule has 0 radical (unpaired) electrons. The van der Waals surface area contributed by atoms with Crippen molar-refractivity contribution >= 4 is 11.8 Å². The second kappa shape index (κ2) is 31.7. The molecule has 0 unspecified atom stereocenters. The van der Waals surface area contributed by atoms with E-state index in [0.29, 0.717) is 19.4 Å². The van der Waals surface area contributed by atoms with Gasteiger partial charge in [0.25, 0.3) is 5.56 Å². The van der Waals surface area contributed by atoms with Crippen LogP contribution in [0.4, 0.5) is 0 Å². The predicted molar refractivity (Wildman–Crippen MR) is 204 cm³/mol. The molecule has 0 aliphatic carbocycles. The molecule has 0 fully saturated rings. The van der Waals surface area contributed by atoms with Crippen molar-refractivity contribution in [3.8, 4) is 0 Å². The zero-order valence-electron chi connectivity index (χ0n) is 32.1. The van der Waals surface area contributed by atoms with Crippen molar-refractivity contribution in [2.75, 3.05) is 19.6 Å². The average Bonchev–Trinajstić information content (AvgIpc) is 3.07. The summed E-state index contributed by atoms with van der Waals surface area (Å²) in [5.74, 6) is 0.273. The third-order valence-corrected chi connectivity index (χ3v) is 9.69. The number of rotatable bonds is 35. The molecule has 8 heteroatoms. The topological polar surface area (TPSA) is 101 Å². The molecule has 49 heavy (non-hydrogen) atoms. The van der Waals surface area contributed by atoms with Crippen LogP contribution >= 0.6 is 0 Å². The number of ketones is 1. The Morgan fingerprint density at radius 2 is 1.12 bits per heavy atom. The fourth-order valence-corrected chi connectivity index (χ4v) is 6.61. The van der Waals surface area contributed by atoms with E-state index < -0.39 is 0 Å². The Morgan fingerprint density at radius 3 is 1.65 bits per heavy atom. The third-order valence-electron chi connectivity index (χ3n) is 9.69. The van der Waals surface area contributed by atoms with Gasteiger partial charge in [0.2, 0.25) is 0 Å². The molecular formula is C41H75N3O5. The summed E-state index contributed by atoms with van der Waals surface area (Å²) in [5, 5.41) is 0. The van der Waals surface area contributed by atoms with Gasteiger partial charge in [0, 0.05) is 31.6 Å². The number of H-pyrrole nitrogens is 1. The van der Waals surface area contributed by atoms with Crippen LogP contribution in [0.1, 0.15) is 194 Å². The van der Waals surface area contributed by atoms with Gasteiger partial charge in [-0.1, -0.05) is 117 Å². The van der Waals surface area contributed by atoms with Crippen LogP contribution in [0.3, 0.4) is 0 Å². The third kappa shape index (κ3) is 27.2. The summed E-state index contributed by atoms with van der Waals surface area (Å²) < 4.78 is 7.60. The van der Waals surface area contributed by atoms with E-state index in [-0.39, 0.29) is 29.1 Å². The highest BCUT2D eigenvalue weighted by Crippen LogP contribution is 2.18. The van der Waals surface area contributed by atoms with Crippen molar-refractivity contribution in [1.29, 1.82) is 0 Å². The number of ether oxygens (including phenoxy) is 1. The molecule has 8 nitrogen and oxygen atoms in total. The first-order valence-electron chi connectivity index (χ1n) is 20.6. The lowest BCUT2D eigenvalue weighted by molar-refractivity contribution is -0.150. The van der Waals surface area contributed by atoms with E-state index in [1.807, 2.05) is 0 Å². The Kier molecular flexibility index (Phi) is 29.0. The highest BCUT2D eigenvalue weighted by molar-refractivity contribution is 5.75. The minimum absolute atomic E-state index is 0.00367. The Labute approximate surface area is 299 Å². The summed E-state index contributed by atoms with van der Waals surface area (Å²) in [6.45, 7) is 9.75. The summed E-state index contributed by atoms with van der Waals surface area (Å²) in [7, 11) is 0. The number of esters is 1. The van der Waals surface area contributed by atoms with Gasteiger partial charge in [-0.05, 0) is 84.3 Å². The molecule has 1 rings (SSSR count). The molecule has 0 atom stereocenters. The molecule has 0 saturated heterocycles. The van der Waals surface area contributed by atoms with Gasteiger partial charge >= 0.3 is 11.7 Å². The van der Waals surface area contributed by atoms with Crippen LogP contribution in [0.15, 0.2) is 21.9 Å². The lowest BCUT2D eigenvalue weighted by atomic mass is 10.0. The number of carbonyl (C=O) groups is 2. The second-order valence-corrected chi connectivity index (χ2v) is 14.5. The van der Waals surface area contributed by atoms with Gasteiger partial charge in [0.1, 0.15) is 11.9 Å². The summed E-state index contributed by atoms with van der Waals surface area (Å²) in [5.41, 5.74) is -0.709. The maximum atomic E-state index is 12.8. The van der Waals surface area contributed by atoms with Gasteiger partial charge in [-0.25, -0.2) is 4.79 Å². The Hall–Kier alpha value is -2.22. The van der Waals surface area contributed by atoms with Gasteiger partial charge in [0.15, 0.2) is 0 Å². The number of aryl methyl sites for hydroxylation is 1. The standard InChI is InChI=1S/C41H75N3O5/c1-4-6-8-10-15-21-28-38(29-22-16-11-9-7-5-2)49-40(47)30-23-17-13-19-25-33-43(32-24-18-12-14-20-27-37(3)45)34-26-35-44-36-31-39(46)42-41(44)48/h31,36,38H,4-30,32-35H2,1-3H3,(H,42,46,48). The van der Waals surface area contributed by atoms with Gasteiger partial charge < -0.3 is 19.0 Å². The van der Waals surface area contributed by atoms with Gasteiger partial charge in [-0.2, -0.15) is 0 Å². The van der Waals surface area contributed by atoms with Crippen molar-refractivity contribution in [3.05, 3.63) is 33.1 Å². The molecule has 0 aromatic carbocycles. The van der Waals surface area contributed by atoms with Crippen LogP contribution in [-0.4, -0.2) is 51.9 Å². The highest BCUT2D eigenvalue weighted by Gasteiger charge is 2.14. The van der Waals surface area contributed by atoms with Gasteiger partial charge in [-0.15, -0.1) is 0 Å². The predicted octanol–water partition coefficient (Wildman–Crippen LogP) is 9.91. The van der Waals surface area contributed by atoms with Gasteiger partial charge in [0.05, 0.1) is 0 Å². The number of aromatic amines is 1. The molecule has 1 N–H and O–H groups in total. The SMILES string of the molecule is CCCCCCCCC(CCCCCCCC)OC(=O)CCCCCCCN(CCCCCCCC(C)=O)CCCn1ccc(=O)[nH]c1=O. The monoisotopic (exact) mass is 690 g/mol. The molecule has 284 valence electrons. The number of hydrogen-bond donors (Lipinski definition) is 1. The molecule has 0 aliphatic heterocycles. The highest BCUT2D eigenvalue weighted by atomic mass is 16.5. The lowest BCUT2D eigenvalue weighted by Crippen LogP contribution is -2.31. The van der Waals surface area contributed by atoms with Crippen LogP contribution in [0, 0.1) is 0 Å². The minimum atomic E-state index is -0.362. The molecule has 0 aliphatic rings. The first kappa shape index (κ1) is 44.8. The summed E-state index contributed by atoms with van der Waals surface area (Å²) in [6, 6.07) is 1.40. The fourth-order valence-electron chi connectivity index (χ4n) is 6.61. The number of nitrogens with one attached hydrogen (secondary N) is 1. The average molecular weight is 690 g/mol. The number of Topliss-reactive ketones (excluding diaryl/α,β-unsaturated/α-hetero) is 1. The maximum absolute atomic E-state index is 12.8. The number of aromatic nitrogens is 2. The van der Waals surface area contributed by atoms with Crippen LogP contribution < -0.4 is 11.2 Å². The largest absolute Gasteiger partial charge is 0.462 e. The Balaban J connectivity index is 2.37. The van der Waals surface area contributed by atoms with Crippen LogP contribution in [0.5, 0.6) is 0 Å². The minimum Gasteiger partial charge on any atom is -0.462 e. The molecule has 1 aromatic heterocycles.